The molecule has 102 valence electrons. The van der Waals surface area contributed by atoms with E-state index in [0.29, 0.717) is 5.92 Å². The van der Waals surface area contributed by atoms with Crippen molar-refractivity contribution in [2.75, 3.05) is 19.7 Å². The highest BCUT2D eigenvalue weighted by molar-refractivity contribution is 4.84. The summed E-state index contributed by atoms with van der Waals surface area (Å²) in [5, 5.41) is 22.7. The Morgan fingerprint density at radius 3 is 2.47 bits per heavy atom. The Bertz CT molecular complexity index is 185. The first-order valence-corrected chi connectivity index (χ1v) is 7.24. The van der Waals surface area contributed by atoms with E-state index in [-0.39, 0.29) is 6.61 Å². The molecule has 1 rings (SSSR count). The van der Waals surface area contributed by atoms with Gasteiger partial charge in [0.1, 0.15) is 0 Å². The van der Waals surface area contributed by atoms with Crippen LogP contribution in [-0.2, 0) is 0 Å². The smallest absolute Gasteiger partial charge is 0.0771 e. The van der Waals surface area contributed by atoms with Gasteiger partial charge in [0.25, 0.3) is 0 Å². The summed E-state index contributed by atoms with van der Waals surface area (Å²) in [6.07, 6.45) is 8.67. The van der Waals surface area contributed by atoms with Crippen LogP contribution in [0.3, 0.4) is 0 Å². The van der Waals surface area contributed by atoms with Gasteiger partial charge >= 0.3 is 0 Å². The lowest BCUT2D eigenvalue weighted by atomic mass is 9.85. The third-order valence-corrected chi connectivity index (χ3v) is 3.91. The van der Waals surface area contributed by atoms with Crippen LogP contribution in [-0.4, -0.2) is 35.5 Å². The first kappa shape index (κ1) is 14.9. The van der Waals surface area contributed by atoms with Crippen molar-refractivity contribution in [2.45, 2.75) is 63.9 Å². The minimum atomic E-state index is -0.464. The number of rotatable bonds is 8. The van der Waals surface area contributed by atoms with Crippen molar-refractivity contribution in [3.8, 4) is 0 Å². The number of hydrogen-bond donors (Lipinski definition) is 3. The van der Waals surface area contributed by atoms with Crippen molar-refractivity contribution in [1.82, 2.24) is 5.32 Å². The number of hydrogen-bond acceptors (Lipinski definition) is 3. The highest BCUT2D eigenvalue weighted by atomic mass is 16.3. The molecule has 0 spiro atoms. The molecule has 3 N–H and O–H groups in total. The lowest BCUT2D eigenvalue weighted by Gasteiger charge is -2.32. The van der Waals surface area contributed by atoms with Gasteiger partial charge in [0, 0.05) is 13.2 Å². The molecule has 17 heavy (non-hydrogen) atoms. The zero-order chi connectivity index (χ0) is 12.6. The van der Waals surface area contributed by atoms with Crippen LogP contribution < -0.4 is 5.32 Å². The van der Waals surface area contributed by atoms with Crippen LogP contribution in [0.4, 0.5) is 0 Å². The van der Waals surface area contributed by atoms with Gasteiger partial charge in [-0.05, 0) is 38.1 Å². The van der Waals surface area contributed by atoms with Crippen LogP contribution in [0.25, 0.3) is 0 Å². The second-order valence-corrected chi connectivity index (χ2v) is 5.58. The molecule has 0 aromatic heterocycles. The molecule has 3 nitrogen and oxygen atoms in total. The molecule has 1 fully saturated rings. The minimum Gasteiger partial charge on any atom is -0.396 e. The summed E-state index contributed by atoms with van der Waals surface area (Å²) in [6.45, 7) is 4.10. The topological polar surface area (TPSA) is 52.5 Å². The van der Waals surface area contributed by atoms with Gasteiger partial charge in [-0.1, -0.05) is 32.6 Å². The number of aliphatic hydroxyl groups excluding tert-OH is 1. The molecule has 0 amide bonds. The van der Waals surface area contributed by atoms with Gasteiger partial charge in [-0.15, -0.1) is 0 Å². The van der Waals surface area contributed by atoms with Crippen LogP contribution >= 0.6 is 0 Å². The lowest BCUT2D eigenvalue weighted by molar-refractivity contribution is 0.00409. The predicted octanol–water partition coefficient (Wildman–Crippen LogP) is 2.07. The van der Waals surface area contributed by atoms with Crippen molar-refractivity contribution >= 4 is 0 Å². The summed E-state index contributed by atoms with van der Waals surface area (Å²) >= 11 is 0. The molecule has 3 heteroatoms. The Balaban J connectivity index is 2.19. The molecule has 0 bridgehead atoms. The fourth-order valence-electron chi connectivity index (χ4n) is 2.83. The molecule has 1 saturated carbocycles. The molecule has 1 unspecified atom stereocenters. The van der Waals surface area contributed by atoms with E-state index >= 15 is 0 Å². The molecule has 1 atom stereocenters. The third kappa shape index (κ3) is 5.84. The van der Waals surface area contributed by atoms with E-state index < -0.39 is 5.60 Å². The van der Waals surface area contributed by atoms with E-state index in [2.05, 4.69) is 12.2 Å². The van der Waals surface area contributed by atoms with E-state index in [1.54, 1.807) is 0 Å². The highest BCUT2D eigenvalue weighted by Crippen LogP contribution is 2.27. The molecule has 1 aliphatic rings. The van der Waals surface area contributed by atoms with E-state index in [4.69, 9.17) is 5.11 Å². The molecule has 0 saturated heterocycles. The number of aliphatic hydroxyl groups is 2. The summed E-state index contributed by atoms with van der Waals surface area (Å²) in [5.41, 5.74) is -0.464. The molecular formula is C14H29NO2. The number of nitrogens with one attached hydrogen (secondary N) is 1. The molecule has 0 aromatic rings. The van der Waals surface area contributed by atoms with Gasteiger partial charge in [0.05, 0.1) is 5.60 Å². The summed E-state index contributed by atoms with van der Waals surface area (Å²) in [7, 11) is 0. The van der Waals surface area contributed by atoms with Gasteiger partial charge in [-0.3, -0.25) is 0 Å². The van der Waals surface area contributed by atoms with Crippen LogP contribution in [0.2, 0.25) is 0 Å². The van der Waals surface area contributed by atoms with E-state index in [9.17, 15) is 5.11 Å². The summed E-state index contributed by atoms with van der Waals surface area (Å²) in [5.74, 6) is 0.553. The Hall–Kier alpha value is -0.120. The minimum absolute atomic E-state index is 0.274. The van der Waals surface area contributed by atoms with Crippen molar-refractivity contribution in [2.24, 2.45) is 5.92 Å². The molecule has 0 aliphatic heterocycles. The first-order valence-electron chi connectivity index (χ1n) is 7.24. The maximum atomic E-state index is 10.3. The average molecular weight is 243 g/mol. The van der Waals surface area contributed by atoms with Gasteiger partial charge in [0.15, 0.2) is 0 Å². The average Bonchev–Trinajstić information content (AvgIpc) is 2.30. The van der Waals surface area contributed by atoms with Gasteiger partial charge < -0.3 is 15.5 Å². The highest BCUT2D eigenvalue weighted by Gasteiger charge is 2.28. The van der Waals surface area contributed by atoms with E-state index in [1.165, 1.54) is 6.42 Å². The second kappa shape index (κ2) is 8.06. The van der Waals surface area contributed by atoms with Crippen molar-refractivity contribution < 1.29 is 10.2 Å². The van der Waals surface area contributed by atoms with Crippen LogP contribution in [0.15, 0.2) is 0 Å². The first-order chi connectivity index (χ1) is 8.20. The summed E-state index contributed by atoms with van der Waals surface area (Å²) in [6, 6.07) is 0. The lowest BCUT2D eigenvalue weighted by Crippen LogP contribution is -2.43. The SMILES string of the molecule is CCCC(CCO)CNCC1(O)CCCCC1. The maximum Gasteiger partial charge on any atom is 0.0771 e. The molecule has 0 heterocycles. The largest absolute Gasteiger partial charge is 0.396 e. The normalized spacial score (nSPS) is 21.4. The van der Waals surface area contributed by atoms with Gasteiger partial charge in [0.2, 0.25) is 0 Å². The monoisotopic (exact) mass is 243 g/mol. The Labute approximate surface area is 106 Å². The summed E-state index contributed by atoms with van der Waals surface area (Å²) in [4.78, 5) is 0. The third-order valence-electron chi connectivity index (χ3n) is 3.91. The fraction of sp³-hybridized carbons (Fsp3) is 1.00. The molecule has 0 aromatic carbocycles. The fourth-order valence-corrected chi connectivity index (χ4v) is 2.83. The zero-order valence-corrected chi connectivity index (χ0v) is 11.2. The standard InChI is InChI=1S/C14H29NO2/c1-2-6-13(7-10-16)11-15-12-14(17)8-4-3-5-9-14/h13,15-17H,2-12H2,1H3. The Morgan fingerprint density at radius 2 is 1.88 bits per heavy atom. The Kier molecular flexibility index (Phi) is 7.09. The molecular weight excluding hydrogens is 214 g/mol. The second-order valence-electron chi connectivity index (χ2n) is 5.58. The van der Waals surface area contributed by atoms with Crippen LogP contribution in [0, 0.1) is 5.92 Å². The maximum absolute atomic E-state index is 10.3. The predicted molar refractivity (Wildman–Crippen MR) is 71.0 cm³/mol. The van der Waals surface area contributed by atoms with Crippen molar-refractivity contribution in [1.29, 1.82) is 0 Å². The van der Waals surface area contributed by atoms with Crippen molar-refractivity contribution in [3.63, 3.8) is 0 Å². The zero-order valence-electron chi connectivity index (χ0n) is 11.2. The van der Waals surface area contributed by atoms with Gasteiger partial charge in [-0.2, -0.15) is 0 Å². The molecule has 0 radical (unpaired) electrons. The quantitative estimate of drug-likeness (QED) is 0.612. The summed E-state index contributed by atoms with van der Waals surface area (Å²) < 4.78 is 0. The van der Waals surface area contributed by atoms with Crippen molar-refractivity contribution in [3.05, 3.63) is 0 Å². The van der Waals surface area contributed by atoms with Crippen LogP contribution in [0.5, 0.6) is 0 Å². The Morgan fingerprint density at radius 1 is 1.18 bits per heavy atom. The van der Waals surface area contributed by atoms with E-state index in [1.807, 2.05) is 0 Å². The van der Waals surface area contributed by atoms with Gasteiger partial charge in [-0.25, -0.2) is 0 Å². The van der Waals surface area contributed by atoms with Crippen LogP contribution in [0.1, 0.15) is 58.3 Å². The van der Waals surface area contributed by atoms with E-state index in [0.717, 1.165) is 58.0 Å². The molecule has 1 aliphatic carbocycles.